The molecule has 1 aliphatic heterocycles. The summed E-state index contributed by atoms with van der Waals surface area (Å²) in [5.41, 5.74) is 2.01. The summed E-state index contributed by atoms with van der Waals surface area (Å²) < 4.78 is 0. The van der Waals surface area contributed by atoms with E-state index in [2.05, 4.69) is 37.8 Å². The lowest BCUT2D eigenvalue weighted by molar-refractivity contribution is 0.0957. The molecule has 1 unspecified atom stereocenters. The molecule has 0 N–H and O–H groups in total. The molecule has 1 aliphatic rings. The van der Waals surface area contributed by atoms with Crippen molar-refractivity contribution in [3.63, 3.8) is 0 Å². The molecule has 0 bridgehead atoms. The predicted octanol–water partition coefficient (Wildman–Crippen LogP) is 4.09. The molecule has 2 aromatic rings. The Kier molecular flexibility index (Phi) is 3.42. The van der Waals surface area contributed by atoms with Crippen molar-refractivity contribution in [1.29, 1.82) is 0 Å². The summed E-state index contributed by atoms with van der Waals surface area (Å²) in [6.07, 6.45) is 0. The second kappa shape index (κ2) is 5.12. The van der Waals surface area contributed by atoms with Crippen LogP contribution in [0.1, 0.15) is 42.7 Å². The van der Waals surface area contributed by atoms with Crippen LogP contribution in [0.2, 0.25) is 0 Å². The minimum absolute atomic E-state index is 0.0182. The molecule has 108 valence electrons. The maximum absolute atomic E-state index is 12.8. The van der Waals surface area contributed by atoms with Crippen LogP contribution in [0.4, 0.5) is 0 Å². The summed E-state index contributed by atoms with van der Waals surface area (Å²) in [5, 5.41) is 0. The number of benzene rings is 2. The summed E-state index contributed by atoms with van der Waals surface area (Å²) in [6.45, 7) is 6.50. The maximum atomic E-state index is 12.8. The van der Waals surface area contributed by atoms with Crippen LogP contribution in [0.3, 0.4) is 0 Å². The highest BCUT2D eigenvalue weighted by molar-refractivity contribution is 6.02. The van der Waals surface area contributed by atoms with E-state index in [4.69, 9.17) is 0 Å². The largest absolute Gasteiger partial charge is 0.292 e. The van der Waals surface area contributed by atoms with Crippen LogP contribution >= 0.6 is 0 Å². The van der Waals surface area contributed by atoms with E-state index in [0.29, 0.717) is 0 Å². The van der Waals surface area contributed by atoms with Crippen molar-refractivity contribution in [2.75, 3.05) is 0 Å². The zero-order valence-electron chi connectivity index (χ0n) is 12.8. The SMILES string of the molecule is CC(C)(C)N1[C@H](c2ccccc2)[C@@H]1C(=O)c1ccccc1. The zero-order chi connectivity index (χ0) is 15.0. The van der Waals surface area contributed by atoms with Gasteiger partial charge in [-0.2, -0.15) is 0 Å². The summed E-state index contributed by atoms with van der Waals surface area (Å²) in [4.78, 5) is 15.1. The van der Waals surface area contributed by atoms with E-state index >= 15 is 0 Å². The third kappa shape index (κ3) is 2.64. The lowest BCUT2D eigenvalue weighted by atomic mass is 10.0. The number of hydrogen-bond acceptors (Lipinski definition) is 2. The van der Waals surface area contributed by atoms with Gasteiger partial charge in [-0.1, -0.05) is 60.7 Å². The molecule has 3 atom stereocenters. The van der Waals surface area contributed by atoms with Crippen molar-refractivity contribution in [3.05, 3.63) is 71.8 Å². The maximum Gasteiger partial charge on any atom is 0.181 e. The first-order valence-corrected chi connectivity index (χ1v) is 7.43. The average Bonchev–Trinajstić information content (AvgIpc) is 3.24. The van der Waals surface area contributed by atoms with Gasteiger partial charge in [0, 0.05) is 11.1 Å². The van der Waals surface area contributed by atoms with Crippen molar-refractivity contribution in [2.24, 2.45) is 0 Å². The first kappa shape index (κ1) is 14.0. The third-order valence-corrected chi connectivity index (χ3v) is 4.05. The molecule has 0 spiro atoms. The topological polar surface area (TPSA) is 20.1 Å². The monoisotopic (exact) mass is 279 g/mol. The smallest absolute Gasteiger partial charge is 0.181 e. The average molecular weight is 279 g/mol. The minimum atomic E-state index is -0.0465. The van der Waals surface area contributed by atoms with Crippen molar-refractivity contribution in [3.8, 4) is 0 Å². The van der Waals surface area contributed by atoms with E-state index in [9.17, 15) is 4.79 Å². The molecule has 0 aliphatic carbocycles. The molecule has 2 nitrogen and oxygen atoms in total. The Morgan fingerprint density at radius 1 is 0.905 bits per heavy atom. The number of Topliss-reactive ketones (excluding diaryl/α,β-unsaturated/α-hetero) is 1. The van der Waals surface area contributed by atoms with Gasteiger partial charge in [0.25, 0.3) is 0 Å². The number of hydrogen-bond donors (Lipinski definition) is 0. The van der Waals surface area contributed by atoms with Crippen molar-refractivity contribution in [1.82, 2.24) is 4.90 Å². The van der Waals surface area contributed by atoms with Gasteiger partial charge in [-0.05, 0) is 26.3 Å². The van der Waals surface area contributed by atoms with Gasteiger partial charge in [0.2, 0.25) is 0 Å². The molecule has 2 heteroatoms. The lowest BCUT2D eigenvalue weighted by Crippen LogP contribution is -2.30. The second-order valence-corrected chi connectivity index (χ2v) is 6.61. The van der Waals surface area contributed by atoms with Gasteiger partial charge in [-0.15, -0.1) is 0 Å². The fourth-order valence-corrected chi connectivity index (χ4v) is 3.10. The standard InChI is InChI=1S/C19H21NO/c1-19(2,3)20-16(14-10-6-4-7-11-14)17(20)18(21)15-12-8-5-9-13-15/h4-13,16-17H,1-3H3/t16-,17-,20?/m1/s1. The first-order valence-electron chi connectivity index (χ1n) is 7.43. The van der Waals surface area contributed by atoms with Crippen molar-refractivity contribution in [2.45, 2.75) is 38.4 Å². The van der Waals surface area contributed by atoms with Crippen LogP contribution < -0.4 is 0 Å². The molecule has 3 rings (SSSR count). The van der Waals surface area contributed by atoms with Crippen molar-refractivity contribution >= 4 is 5.78 Å². The first-order chi connectivity index (χ1) is 10.00. The van der Waals surface area contributed by atoms with Crippen LogP contribution in [0.5, 0.6) is 0 Å². The number of carbonyl (C=O) groups excluding carboxylic acids is 1. The van der Waals surface area contributed by atoms with E-state index in [0.717, 1.165) is 5.56 Å². The Balaban J connectivity index is 1.92. The molecule has 21 heavy (non-hydrogen) atoms. The van der Waals surface area contributed by atoms with Gasteiger partial charge in [0.05, 0.1) is 12.1 Å². The number of ketones is 1. The fourth-order valence-electron chi connectivity index (χ4n) is 3.10. The third-order valence-electron chi connectivity index (χ3n) is 4.05. The molecule has 1 saturated heterocycles. The zero-order valence-corrected chi connectivity index (χ0v) is 12.8. The second-order valence-electron chi connectivity index (χ2n) is 6.61. The summed E-state index contributed by atoms with van der Waals surface area (Å²) in [6, 6.07) is 20.1. The Bertz CT molecular complexity index is 628. The van der Waals surface area contributed by atoms with E-state index < -0.39 is 0 Å². The summed E-state index contributed by atoms with van der Waals surface area (Å²) in [7, 11) is 0. The minimum Gasteiger partial charge on any atom is -0.292 e. The van der Waals surface area contributed by atoms with Gasteiger partial charge in [0.1, 0.15) is 0 Å². The van der Waals surface area contributed by atoms with E-state index in [1.54, 1.807) is 0 Å². The molecule has 0 radical (unpaired) electrons. The molecule has 0 amide bonds. The van der Waals surface area contributed by atoms with Gasteiger partial charge >= 0.3 is 0 Å². The Hall–Kier alpha value is -1.93. The number of nitrogens with zero attached hydrogens (tertiary/aromatic N) is 1. The molecular formula is C19H21NO. The van der Waals surface area contributed by atoms with Crippen LogP contribution in [0, 0.1) is 0 Å². The molecule has 2 aromatic carbocycles. The molecule has 0 aromatic heterocycles. The van der Waals surface area contributed by atoms with Crippen molar-refractivity contribution < 1.29 is 4.79 Å². The highest BCUT2D eigenvalue weighted by Gasteiger charge is 2.57. The highest BCUT2D eigenvalue weighted by atomic mass is 16.1. The van der Waals surface area contributed by atoms with Gasteiger partial charge < -0.3 is 0 Å². The Morgan fingerprint density at radius 2 is 1.43 bits per heavy atom. The molecule has 1 fully saturated rings. The van der Waals surface area contributed by atoms with Gasteiger partial charge in [0.15, 0.2) is 5.78 Å². The van der Waals surface area contributed by atoms with Crippen LogP contribution in [-0.4, -0.2) is 22.3 Å². The quantitative estimate of drug-likeness (QED) is 0.623. The lowest BCUT2D eigenvalue weighted by Gasteiger charge is -2.22. The fraction of sp³-hybridized carbons (Fsp3) is 0.316. The van der Waals surface area contributed by atoms with E-state index in [-0.39, 0.29) is 23.4 Å². The van der Waals surface area contributed by atoms with Crippen LogP contribution in [0.25, 0.3) is 0 Å². The molecular weight excluding hydrogens is 258 g/mol. The Labute approximate surface area is 126 Å². The van der Waals surface area contributed by atoms with Gasteiger partial charge in [-0.25, -0.2) is 0 Å². The summed E-state index contributed by atoms with van der Waals surface area (Å²) in [5.74, 6) is 0.222. The number of rotatable bonds is 3. The normalized spacial score (nSPS) is 24.6. The predicted molar refractivity (Wildman–Crippen MR) is 85.3 cm³/mol. The number of carbonyl (C=O) groups is 1. The van der Waals surface area contributed by atoms with E-state index in [1.807, 2.05) is 48.5 Å². The van der Waals surface area contributed by atoms with E-state index in [1.165, 1.54) is 5.56 Å². The van der Waals surface area contributed by atoms with Gasteiger partial charge in [-0.3, -0.25) is 9.69 Å². The summed E-state index contributed by atoms with van der Waals surface area (Å²) >= 11 is 0. The van der Waals surface area contributed by atoms with Crippen LogP contribution in [-0.2, 0) is 0 Å². The Morgan fingerprint density at radius 3 is 1.95 bits per heavy atom. The molecule has 1 heterocycles. The molecule has 0 saturated carbocycles. The van der Waals surface area contributed by atoms with Crippen LogP contribution in [0.15, 0.2) is 60.7 Å². The highest BCUT2D eigenvalue weighted by Crippen LogP contribution is 2.49.